The topological polar surface area (TPSA) is 54.2 Å². The molecule has 0 aromatic carbocycles. The van der Waals surface area contributed by atoms with Gasteiger partial charge in [-0.05, 0) is 58.8 Å². The van der Waals surface area contributed by atoms with E-state index in [9.17, 15) is 0 Å². The highest BCUT2D eigenvalue weighted by atomic mass is 15.2. The Balaban J connectivity index is 2.27. The maximum atomic E-state index is 6.22. The van der Waals surface area contributed by atoms with Crippen molar-refractivity contribution in [2.75, 3.05) is 25.4 Å². The summed E-state index contributed by atoms with van der Waals surface area (Å²) in [6.45, 7) is 10.2. The number of nitrogens with two attached hydrogens (primary N) is 1. The van der Waals surface area contributed by atoms with Crippen molar-refractivity contribution >= 4 is 5.69 Å². The van der Waals surface area contributed by atoms with Gasteiger partial charge < -0.3 is 11.1 Å². The first kappa shape index (κ1) is 16.2. The Morgan fingerprint density at radius 1 is 1.33 bits per heavy atom. The van der Waals surface area contributed by atoms with Gasteiger partial charge in [0.2, 0.25) is 0 Å². The van der Waals surface area contributed by atoms with E-state index in [0.29, 0.717) is 0 Å². The summed E-state index contributed by atoms with van der Waals surface area (Å²) in [6, 6.07) is 2.12. The smallest absolute Gasteiger partial charge is 0.0537 e. The Morgan fingerprint density at radius 3 is 2.67 bits per heavy atom. The van der Waals surface area contributed by atoms with Gasteiger partial charge in [0, 0.05) is 29.2 Å². The molecule has 1 aliphatic heterocycles. The van der Waals surface area contributed by atoms with Crippen LogP contribution >= 0.6 is 0 Å². The fraction of sp³-hybridized carbons (Fsp3) is 0.706. The molecule has 2 rings (SSSR count). The van der Waals surface area contributed by atoms with Crippen LogP contribution in [0.4, 0.5) is 5.69 Å². The number of anilines is 1. The summed E-state index contributed by atoms with van der Waals surface area (Å²) in [6.07, 6.45) is 8.76. The van der Waals surface area contributed by atoms with Crippen molar-refractivity contribution in [1.82, 2.24) is 15.2 Å². The molecule has 4 nitrogen and oxygen atoms in total. The van der Waals surface area contributed by atoms with Crippen molar-refractivity contribution in [3.8, 4) is 0 Å². The van der Waals surface area contributed by atoms with Crippen LogP contribution in [0.25, 0.3) is 0 Å². The Bertz CT molecular complexity index is 438. The molecule has 21 heavy (non-hydrogen) atoms. The molecule has 0 aliphatic carbocycles. The second-order valence-electron chi connectivity index (χ2n) is 6.59. The number of piperidine rings is 1. The van der Waals surface area contributed by atoms with Gasteiger partial charge in [0.05, 0.1) is 6.04 Å². The van der Waals surface area contributed by atoms with Gasteiger partial charge in [-0.1, -0.05) is 13.3 Å². The lowest BCUT2D eigenvalue weighted by Gasteiger charge is -2.46. The minimum atomic E-state index is 0.0345. The van der Waals surface area contributed by atoms with Crippen LogP contribution in [0.2, 0.25) is 0 Å². The Labute approximate surface area is 129 Å². The molecule has 118 valence electrons. The van der Waals surface area contributed by atoms with E-state index in [2.05, 4.69) is 36.0 Å². The third-order valence-electron chi connectivity index (χ3n) is 4.67. The van der Waals surface area contributed by atoms with E-state index in [1.165, 1.54) is 32.4 Å². The van der Waals surface area contributed by atoms with Crippen LogP contribution in [0.1, 0.15) is 58.1 Å². The number of nitrogens with zero attached hydrogens (tertiary/aromatic N) is 2. The summed E-state index contributed by atoms with van der Waals surface area (Å²) in [5.74, 6) is 0. The summed E-state index contributed by atoms with van der Waals surface area (Å²) in [7, 11) is 0. The predicted octanol–water partition coefficient (Wildman–Crippen LogP) is 2.97. The molecule has 1 atom stereocenters. The van der Waals surface area contributed by atoms with Gasteiger partial charge in [0.1, 0.15) is 0 Å². The first-order chi connectivity index (χ1) is 10.1. The van der Waals surface area contributed by atoms with E-state index in [0.717, 1.165) is 24.2 Å². The van der Waals surface area contributed by atoms with Crippen LogP contribution < -0.4 is 11.1 Å². The van der Waals surface area contributed by atoms with Crippen LogP contribution in [-0.2, 0) is 0 Å². The lowest BCUT2D eigenvalue weighted by atomic mass is 9.85. The van der Waals surface area contributed by atoms with Crippen LogP contribution in [0.3, 0.4) is 0 Å². The third kappa shape index (κ3) is 3.74. The molecule has 0 spiro atoms. The van der Waals surface area contributed by atoms with Crippen molar-refractivity contribution in [3.63, 3.8) is 0 Å². The highest BCUT2D eigenvalue weighted by Crippen LogP contribution is 2.35. The van der Waals surface area contributed by atoms with E-state index >= 15 is 0 Å². The molecule has 4 heteroatoms. The second-order valence-corrected chi connectivity index (χ2v) is 6.59. The number of aromatic nitrogens is 1. The maximum Gasteiger partial charge on any atom is 0.0537 e. The third-order valence-corrected chi connectivity index (χ3v) is 4.67. The molecule has 0 radical (unpaired) electrons. The van der Waals surface area contributed by atoms with Gasteiger partial charge in [0.25, 0.3) is 0 Å². The van der Waals surface area contributed by atoms with E-state index in [1.54, 1.807) is 6.20 Å². The molecule has 3 N–H and O–H groups in total. The number of rotatable bonds is 6. The van der Waals surface area contributed by atoms with Gasteiger partial charge >= 0.3 is 0 Å². The lowest BCUT2D eigenvalue weighted by molar-refractivity contribution is 0.0609. The highest BCUT2D eigenvalue weighted by Gasteiger charge is 2.37. The summed E-state index contributed by atoms with van der Waals surface area (Å²) in [5.41, 5.74) is 8.22. The molecular weight excluding hydrogens is 260 g/mol. The van der Waals surface area contributed by atoms with Gasteiger partial charge in [0.15, 0.2) is 0 Å². The number of pyridine rings is 1. The second kappa shape index (κ2) is 7.23. The fourth-order valence-corrected chi connectivity index (χ4v) is 3.34. The molecule has 1 aliphatic rings. The number of hydrogen-bond acceptors (Lipinski definition) is 4. The average Bonchev–Trinajstić information content (AvgIpc) is 2.50. The quantitative estimate of drug-likeness (QED) is 0.846. The molecule has 1 saturated heterocycles. The zero-order valence-electron chi connectivity index (χ0n) is 13.7. The normalized spacial score (nSPS) is 18.6. The summed E-state index contributed by atoms with van der Waals surface area (Å²) >= 11 is 0. The SMILES string of the molecule is CCCNC(c1cnccc1N)C(C)(C)N1CCCCC1. The predicted molar refractivity (Wildman–Crippen MR) is 89.2 cm³/mol. The monoisotopic (exact) mass is 290 g/mol. The van der Waals surface area contributed by atoms with Crippen molar-refractivity contribution in [2.24, 2.45) is 0 Å². The van der Waals surface area contributed by atoms with Crippen LogP contribution in [-0.4, -0.2) is 35.1 Å². The molecule has 1 aromatic rings. The van der Waals surface area contributed by atoms with Crippen molar-refractivity contribution in [2.45, 2.75) is 58.0 Å². The first-order valence-electron chi connectivity index (χ1n) is 8.25. The number of likely N-dealkylation sites (tertiary alicyclic amines) is 1. The van der Waals surface area contributed by atoms with Gasteiger partial charge in [-0.3, -0.25) is 9.88 Å². The largest absolute Gasteiger partial charge is 0.398 e. The molecule has 2 heterocycles. The molecule has 1 unspecified atom stereocenters. The molecule has 1 fully saturated rings. The molecule has 1 aromatic heterocycles. The molecule has 0 saturated carbocycles. The standard InChI is InChI=1S/C17H30N4/c1-4-9-20-16(14-13-19-10-8-15(14)18)17(2,3)21-11-6-5-7-12-21/h8,10,13,16,20H,4-7,9,11-12H2,1-3H3,(H2,18,19). The Kier molecular flexibility index (Phi) is 5.59. The molecular formula is C17H30N4. The maximum absolute atomic E-state index is 6.22. The van der Waals surface area contributed by atoms with Crippen LogP contribution in [0.15, 0.2) is 18.5 Å². The lowest BCUT2D eigenvalue weighted by Crippen LogP contribution is -2.54. The Morgan fingerprint density at radius 2 is 2.05 bits per heavy atom. The molecule has 0 bridgehead atoms. The van der Waals surface area contributed by atoms with E-state index in [-0.39, 0.29) is 11.6 Å². The van der Waals surface area contributed by atoms with Crippen molar-refractivity contribution in [1.29, 1.82) is 0 Å². The zero-order valence-corrected chi connectivity index (χ0v) is 13.7. The summed E-state index contributed by atoms with van der Waals surface area (Å²) in [5, 5.41) is 3.70. The molecule has 0 amide bonds. The number of nitrogen functional groups attached to an aromatic ring is 1. The van der Waals surface area contributed by atoms with E-state index < -0.39 is 0 Å². The number of hydrogen-bond donors (Lipinski definition) is 2. The summed E-state index contributed by atoms with van der Waals surface area (Å²) < 4.78 is 0. The van der Waals surface area contributed by atoms with Gasteiger partial charge in [-0.25, -0.2) is 0 Å². The zero-order chi connectivity index (χ0) is 15.3. The minimum absolute atomic E-state index is 0.0345. The van der Waals surface area contributed by atoms with E-state index in [4.69, 9.17) is 5.73 Å². The Hall–Kier alpha value is -1.13. The van der Waals surface area contributed by atoms with Crippen molar-refractivity contribution in [3.05, 3.63) is 24.0 Å². The first-order valence-corrected chi connectivity index (χ1v) is 8.25. The average molecular weight is 290 g/mol. The van der Waals surface area contributed by atoms with Gasteiger partial charge in [-0.15, -0.1) is 0 Å². The van der Waals surface area contributed by atoms with Crippen LogP contribution in [0.5, 0.6) is 0 Å². The van der Waals surface area contributed by atoms with Gasteiger partial charge in [-0.2, -0.15) is 0 Å². The van der Waals surface area contributed by atoms with Crippen LogP contribution in [0, 0.1) is 0 Å². The fourth-order valence-electron chi connectivity index (χ4n) is 3.34. The highest BCUT2D eigenvalue weighted by molar-refractivity contribution is 5.47. The summed E-state index contributed by atoms with van der Waals surface area (Å²) in [4.78, 5) is 6.90. The van der Waals surface area contributed by atoms with E-state index in [1.807, 2.05) is 12.3 Å². The van der Waals surface area contributed by atoms with Crippen molar-refractivity contribution < 1.29 is 0 Å². The number of nitrogens with one attached hydrogen (secondary N) is 1. The minimum Gasteiger partial charge on any atom is -0.398 e.